The lowest BCUT2D eigenvalue weighted by Gasteiger charge is -2.10. The molecule has 0 aliphatic rings. The van der Waals surface area contributed by atoms with Gasteiger partial charge < -0.3 is 5.11 Å². The molecule has 2 N–H and O–H groups in total. The average Bonchev–Trinajstić information content (AvgIpc) is 2.35. The predicted octanol–water partition coefficient (Wildman–Crippen LogP) is 2.46. The number of aromatic hydroxyl groups is 1. The quantitative estimate of drug-likeness (QED) is 0.658. The number of aromatic nitrogens is 2. The second-order valence-corrected chi connectivity index (χ2v) is 4.11. The van der Waals surface area contributed by atoms with Crippen molar-refractivity contribution in [2.45, 2.75) is 6.54 Å². The number of nitrogens with zero attached hydrogens (tertiary/aromatic N) is 1. The summed E-state index contributed by atoms with van der Waals surface area (Å²) in [6, 6.07) is 8.95. The molecule has 92 valence electrons. The highest BCUT2D eigenvalue weighted by molar-refractivity contribution is 7.71. The van der Waals surface area contributed by atoms with Gasteiger partial charge in [0.2, 0.25) is 5.88 Å². The van der Waals surface area contributed by atoms with Gasteiger partial charge in [-0.05, 0) is 17.8 Å². The maximum absolute atomic E-state index is 11.9. The van der Waals surface area contributed by atoms with Crippen LogP contribution in [0.3, 0.4) is 0 Å². The maximum atomic E-state index is 11.9. The molecule has 0 fully saturated rings. The third-order valence-electron chi connectivity index (χ3n) is 2.55. The van der Waals surface area contributed by atoms with Crippen LogP contribution in [0.15, 0.2) is 47.8 Å². The Morgan fingerprint density at radius 1 is 1.39 bits per heavy atom. The zero-order valence-electron chi connectivity index (χ0n) is 9.59. The van der Waals surface area contributed by atoms with E-state index in [1.54, 1.807) is 30.3 Å². The largest absolute Gasteiger partial charge is 0.494 e. The molecule has 0 radical (unpaired) electrons. The van der Waals surface area contributed by atoms with Crippen molar-refractivity contribution in [2.24, 2.45) is 0 Å². The van der Waals surface area contributed by atoms with Gasteiger partial charge in [0, 0.05) is 6.54 Å². The van der Waals surface area contributed by atoms with E-state index in [9.17, 15) is 9.90 Å². The van der Waals surface area contributed by atoms with Crippen LogP contribution in [0.5, 0.6) is 5.88 Å². The van der Waals surface area contributed by atoms with Gasteiger partial charge >= 0.3 is 0 Å². The first-order valence-corrected chi connectivity index (χ1v) is 5.78. The number of H-pyrrole nitrogens is 1. The molecule has 1 aromatic heterocycles. The molecule has 0 amide bonds. The highest BCUT2D eigenvalue weighted by Crippen LogP contribution is 2.24. The SMILES string of the molecule is C=CCn1c(O)c(-c2ccccc2)c(=O)[nH]c1=S. The van der Waals surface area contributed by atoms with Gasteiger partial charge in [-0.1, -0.05) is 36.4 Å². The van der Waals surface area contributed by atoms with Crippen LogP contribution in [0.2, 0.25) is 0 Å². The fourth-order valence-corrected chi connectivity index (χ4v) is 1.98. The Hall–Kier alpha value is -2.14. The molecule has 2 aromatic rings. The monoisotopic (exact) mass is 260 g/mol. The van der Waals surface area contributed by atoms with E-state index in [4.69, 9.17) is 12.2 Å². The Morgan fingerprint density at radius 3 is 2.67 bits per heavy atom. The zero-order chi connectivity index (χ0) is 13.1. The summed E-state index contributed by atoms with van der Waals surface area (Å²) in [4.78, 5) is 14.4. The van der Waals surface area contributed by atoms with E-state index >= 15 is 0 Å². The Labute approximate surface area is 109 Å². The number of hydrogen-bond donors (Lipinski definition) is 2. The molecule has 0 saturated heterocycles. The molecule has 4 nitrogen and oxygen atoms in total. The van der Waals surface area contributed by atoms with E-state index < -0.39 is 5.56 Å². The smallest absolute Gasteiger partial charge is 0.263 e. The summed E-state index contributed by atoms with van der Waals surface area (Å²) in [6.07, 6.45) is 1.60. The Morgan fingerprint density at radius 2 is 2.06 bits per heavy atom. The molecule has 0 unspecified atom stereocenters. The van der Waals surface area contributed by atoms with E-state index in [1.165, 1.54) is 4.57 Å². The van der Waals surface area contributed by atoms with E-state index in [0.29, 0.717) is 12.1 Å². The van der Waals surface area contributed by atoms with Gasteiger partial charge in [0.05, 0.1) is 0 Å². The standard InChI is InChI=1S/C13H12N2O2S/c1-2-8-15-12(17)10(11(16)14-13(15)18)9-6-4-3-5-7-9/h2-7,17H,1,8H2,(H,14,16,18). The zero-order valence-corrected chi connectivity index (χ0v) is 10.4. The summed E-state index contributed by atoms with van der Waals surface area (Å²) in [5, 5.41) is 10.2. The molecule has 18 heavy (non-hydrogen) atoms. The lowest BCUT2D eigenvalue weighted by Crippen LogP contribution is -2.16. The van der Waals surface area contributed by atoms with Crippen molar-refractivity contribution in [2.75, 3.05) is 0 Å². The summed E-state index contributed by atoms with van der Waals surface area (Å²) in [5.74, 6) is -0.144. The van der Waals surface area contributed by atoms with Crippen molar-refractivity contribution in [1.82, 2.24) is 9.55 Å². The average molecular weight is 260 g/mol. The third kappa shape index (κ3) is 2.12. The lowest BCUT2D eigenvalue weighted by atomic mass is 10.1. The molecule has 0 aliphatic heterocycles. The van der Waals surface area contributed by atoms with Gasteiger partial charge in [-0.25, -0.2) is 0 Å². The van der Waals surface area contributed by atoms with E-state index in [1.807, 2.05) is 6.07 Å². The number of hydrogen-bond acceptors (Lipinski definition) is 3. The summed E-state index contributed by atoms with van der Waals surface area (Å²) in [5.41, 5.74) is 0.458. The Kier molecular flexibility index (Phi) is 3.43. The molecular formula is C13H12N2O2S. The molecule has 0 saturated carbocycles. The first-order valence-electron chi connectivity index (χ1n) is 5.37. The number of rotatable bonds is 3. The second-order valence-electron chi connectivity index (χ2n) is 3.72. The van der Waals surface area contributed by atoms with Crippen LogP contribution in [-0.2, 0) is 6.54 Å². The molecule has 1 aromatic carbocycles. The second kappa shape index (κ2) is 5.01. The summed E-state index contributed by atoms with van der Waals surface area (Å²) >= 11 is 5.00. The summed E-state index contributed by atoms with van der Waals surface area (Å²) < 4.78 is 1.60. The van der Waals surface area contributed by atoms with Gasteiger partial charge in [-0.2, -0.15) is 0 Å². The van der Waals surface area contributed by atoms with Crippen molar-refractivity contribution < 1.29 is 5.11 Å². The molecule has 0 bridgehead atoms. The van der Waals surface area contributed by atoms with E-state index in [0.717, 1.165) is 0 Å². The molecule has 0 aliphatic carbocycles. The van der Waals surface area contributed by atoms with Crippen molar-refractivity contribution >= 4 is 12.2 Å². The van der Waals surface area contributed by atoms with Gasteiger partial charge in [-0.3, -0.25) is 14.3 Å². The highest BCUT2D eigenvalue weighted by atomic mass is 32.1. The van der Waals surface area contributed by atoms with E-state index in [2.05, 4.69) is 11.6 Å². The molecule has 0 atom stereocenters. The summed E-state index contributed by atoms with van der Waals surface area (Å²) in [7, 11) is 0. The number of benzene rings is 1. The molecule has 2 rings (SSSR count). The molecule has 0 spiro atoms. The topological polar surface area (TPSA) is 58.0 Å². The lowest BCUT2D eigenvalue weighted by molar-refractivity contribution is 0.417. The third-order valence-corrected chi connectivity index (χ3v) is 2.87. The minimum Gasteiger partial charge on any atom is -0.494 e. The van der Waals surface area contributed by atoms with Gasteiger partial charge in [0.1, 0.15) is 5.56 Å². The van der Waals surface area contributed by atoms with E-state index in [-0.39, 0.29) is 16.2 Å². The van der Waals surface area contributed by atoms with Gasteiger partial charge in [0.25, 0.3) is 5.56 Å². The fraction of sp³-hybridized carbons (Fsp3) is 0.0769. The minimum atomic E-state index is -0.399. The van der Waals surface area contributed by atoms with Crippen molar-refractivity contribution in [3.63, 3.8) is 0 Å². The van der Waals surface area contributed by atoms with Crippen LogP contribution < -0.4 is 5.56 Å². The van der Waals surface area contributed by atoms with Crippen molar-refractivity contribution in [1.29, 1.82) is 0 Å². The normalized spacial score (nSPS) is 10.2. The molecule has 1 heterocycles. The number of allylic oxidation sites excluding steroid dienone is 1. The first kappa shape index (κ1) is 12.3. The van der Waals surface area contributed by atoms with Crippen LogP contribution in [0.1, 0.15) is 0 Å². The fourth-order valence-electron chi connectivity index (χ4n) is 1.72. The van der Waals surface area contributed by atoms with Crippen LogP contribution >= 0.6 is 12.2 Å². The highest BCUT2D eigenvalue weighted by Gasteiger charge is 2.13. The van der Waals surface area contributed by atoms with Crippen LogP contribution in [-0.4, -0.2) is 14.7 Å². The number of aromatic amines is 1. The van der Waals surface area contributed by atoms with Gasteiger partial charge in [-0.15, -0.1) is 6.58 Å². The minimum absolute atomic E-state index is 0.144. The van der Waals surface area contributed by atoms with Crippen molar-refractivity contribution in [3.8, 4) is 17.0 Å². The Bertz CT molecular complexity index is 686. The number of nitrogens with one attached hydrogen (secondary N) is 1. The van der Waals surface area contributed by atoms with Gasteiger partial charge in [0.15, 0.2) is 4.77 Å². The molecule has 5 heteroatoms. The van der Waals surface area contributed by atoms with Crippen LogP contribution in [0.25, 0.3) is 11.1 Å². The Balaban J connectivity index is 2.76. The first-order chi connectivity index (χ1) is 8.65. The van der Waals surface area contributed by atoms with Crippen molar-refractivity contribution in [3.05, 3.63) is 58.1 Å². The molecular weight excluding hydrogens is 248 g/mol. The predicted molar refractivity (Wildman–Crippen MR) is 73.2 cm³/mol. The maximum Gasteiger partial charge on any atom is 0.263 e. The summed E-state index contributed by atoms with van der Waals surface area (Å²) in [6.45, 7) is 3.93. The van der Waals surface area contributed by atoms with Crippen LogP contribution in [0, 0.1) is 4.77 Å². The van der Waals surface area contributed by atoms with Crippen LogP contribution in [0.4, 0.5) is 0 Å².